The molecule has 0 aromatic heterocycles. The van der Waals surface area contributed by atoms with Crippen molar-refractivity contribution in [1.29, 1.82) is 0 Å². The van der Waals surface area contributed by atoms with Crippen molar-refractivity contribution in [2.75, 3.05) is 20.2 Å². The Bertz CT molecular complexity index is 405. The first kappa shape index (κ1) is 14.1. The third-order valence-corrected chi connectivity index (χ3v) is 4.07. The molecular weight excluding hydrogens is 238 g/mol. The number of hydrogen-bond acceptors (Lipinski definition) is 3. The van der Waals surface area contributed by atoms with E-state index < -0.39 is 0 Å². The second-order valence-corrected chi connectivity index (χ2v) is 5.32. The zero-order valence-corrected chi connectivity index (χ0v) is 11.9. The van der Waals surface area contributed by atoms with E-state index in [2.05, 4.69) is 11.8 Å². The lowest BCUT2D eigenvalue weighted by Gasteiger charge is -2.31. The number of piperidine rings is 1. The van der Waals surface area contributed by atoms with Gasteiger partial charge in [0, 0.05) is 6.54 Å². The molecule has 0 unspecified atom stereocenters. The number of likely N-dealkylation sites (tertiary alicyclic amines) is 1. The summed E-state index contributed by atoms with van der Waals surface area (Å²) in [6.07, 6.45) is 3.94. The Morgan fingerprint density at radius 2 is 1.89 bits per heavy atom. The van der Waals surface area contributed by atoms with Crippen molar-refractivity contribution in [3.8, 4) is 0 Å². The summed E-state index contributed by atoms with van der Waals surface area (Å²) in [4.78, 5) is 13.9. The van der Waals surface area contributed by atoms with E-state index in [4.69, 9.17) is 4.74 Å². The van der Waals surface area contributed by atoms with Crippen LogP contribution in [-0.4, -0.2) is 31.1 Å². The molecule has 1 saturated heterocycles. The van der Waals surface area contributed by atoms with Gasteiger partial charge in [-0.15, -0.1) is 0 Å². The molecule has 0 amide bonds. The summed E-state index contributed by atoms with van der Waals surface area (Å²) < 4.78 is 4.70. The van der Waals surface area contributed by atoms with Gasteiger partial charge in [0.15, 0.2) is 0 Å². The molecular formula is C16H23NO2. The second kappa shape index (κ2) is 6.71. The lowest BCUT2D eigenvalue weighted by Crippen LogP contribution is -2.32. The fourth-order valence-electron chi connectivity index (χ4n) is 2.68. The van der Waals surface area contributed by atoms with Crippen LogP contribution in [0.3, 0.4) is 0 Å². The predicted octanol–water partition coefficient (Wildman–Crippen LogP) is 3.10. The van der Waals surface area contributed by atoms with E-state index in [1.165, 1.54) is 45.0 Å². The predicted molar refractivity (Wildman–Crippen MR) is 76.1 cm³/mol. The summed E-state index contributed by atoms with van der Waals surface area (Å²) in [5.41, 5.74) is 1.89. The Hall–Kier alpha value is -1.35. The average molecular weight is 261 g/mol. The Morgan fingerprint density at radius 3 is 2.42 bits per heavy atom. The molecule has 1 heterocycles. The van der Waals surface area contributed by atoms with Crippen LogP contribution in [0, 0.1) is 5.92 Å². The zero-order valence-electron chi connectivity index (χ0n) is 11.9. The number of esters is 1. The van der Waals surface area contributed by atoms with Crippen molar-refractivity contribution < 1.29 is 9.53 Å². The molecule has 1 aliphatic heterocycles. The molecule has 0 saturated carbocycles. The molecule has 3 nitrogen and oxygen atoms in total. The average Bonchev–Trinajstić information content (AvgIpc) is 2.48. The van der Waals surface area contributed by atoms with Crippen LogP contribution in [0.15, 0.2) is 24.3 Å². The fourth-order valence-corrected chi connectivity index (χ4v) is 2.68. The molecule has 3 heteroatoms. The molecule has 1 aromatic rings. The minimum atomic E-state index is -0.268. The summed E-state index contributed by atoms with van der Waals surface area (Å²) in [5.74, 6) is 0.647. The van der Waals surface area contributed by atoms with E-state index in [1.54, 1.807) is 0 Å². The Kier molecular flexibility index (Phi) is 4.97. The first-order valence-electron chi connectivity index (χ1n) is 7.12. The number of carbonyl (C=O) groups excluding carboxylic acids is 1. The fraction of sp³-hybridized carbons (Fsp3) is 0.562. The van der Waals surface area contributed by atoms with Gasteiger partial charge in [-0.2, -0.15) is 0 Å². The summed E-state index contributed by atoms with van der Waals surface area (Å²) >= 11 is 0. The zero-order chi connectivity index (χ0) is 13.7. The van der Waals surface area contributed by atoms with Gasteiger partial charge in [-0.3, -0.25) is 4.90 Å². The molecule has 1 fully saturated rings. The van der Waals surface area contributed by atoms with Gasteiger partial charge >= 0.3 is 5.97 Å². The van der Waals surface area contributed by atoms with Gasteiger partial charge in [0.05, 0.1) is 12.7 Å². The second-order valence-electron chi connectivity index (χ2n) is 5.32. The molecule has 0 atom stereocenters. The maximum Gasteiger partial charge on any atom is 0.337 e. The lowest BCUT2D eigenvalue weighted by atomic mass is 9.94. The summed E-state index contributed by atoms with van der Waals surface area (Å²) in [6, 6.07) is 7.75. The number of nitrogens with zero attached hydrogens (tertiary/aromatic N) is 1. The van der Waals surface area contributed by atoms with E-state index in [0.29, 0.717) is 5.56 Å². The molecule has 0 spiro atoms. The summed E-state index contributed by atoms with van der Waals surface area (Å²) in [6.45, 7) is 5.65. The van der Waals surface area contributed by atoms with Crippen LogP contribution in [0.25, 0.3) is 0 Å². The number of benzene rings is 1. The molecule has 2 rings (SSSR count). The van der Waals surface area contributed by atoms with Crippen molar-refractivity contribution >= 4 is 5.97 Å². The van der Waals surface area contributed by atoms with Crippen LogP contribution in [0.2, 0.25) is 0 Å². The standard InChI is InChI=1S/C16H23NO2/c1-3-13-8-10-17(11-9-13)12-14-4-6-15(7-5-14)16(18)19-2/h4-7,13H,3,8-12H2,1-2H3. The van der Waals surface area contributed by atoms with Crippen molar-refractivity contribution in [2.45, 2.75) is 32.7 Å². The number of ether oxygens (including phenoxy) is 1. The molecule has 1 aromatic carbocycles. The molecule has 0 radical (unpaired) electrons. The first-order chi connectivity index (χ1) is 9.22. The van der Waals surface area contributed by atoms with Crippen molar-refractivity contribution in [2.24, 2.45) is 5.92 Å². The van der Waals surface area contributed by atoms with Gasteiger partial charge in [0.25, 0.3) is 0 Å². The molecule has 0 aliphatic carbocycles. The highest BCUT2D eigenvalue weighted by atomic mass is 16.5. The van der Waals surface area contributed by atoms with Gasteiger partial charge in [-0.05, 0) is 49.5 Å². The highest BCUT2D eigenvalue weighted by molar-refractivity contribution is 5.89. The smallest absolute Gasteiger partial charge is 0.337 e. The maximum absolute atomic E-state index is 11.4. The SMILES string of the molecule is CCC1CCN(Cc2ccc(C(=O)OC)cc2)CC1. The minimum absolute atomic E-state index is 0.268. The van der Waals surface area contributed by atoms with E-state index in [9.17, 15) is 4.79 Å². The van der Waals surface area contributed by atoms with Gasteiger partial charge in [0.2, 0.25) is 0 Å². The van der Waals surface area contributed by atoms with Crippen molar-refractivity contribution in [3.63, 3.8) is 0 Å². The van der Waals surface area contributed by atoms with Gasteiger partial charge in [-0.25, -0.2) is 4.79 Å². The Balaban J connectivity index is 1.88. The highest BCUT2D eigenvalue weighted by Crippen LogP contribution is 2.21. The van der Waals surface area contributed by atoms with Gasteiger partial charge in [0.1, 0.15) is 0 Å². The monoisotopic (exact) mass is 261 g/mol. The molecule has 1 aliphatic rings. The quantitative estimate of drug-likeness (QED) is 0.780. The number of hydrogen-bond donors (Lipinski definition) is 0. The van der Waals surface area contributed by atoms with Crippen LogP contribution < -0.4 is 0 Å². The van der Waals surface area contributed by atoms with E-state index in [0.717, 1.165) is 12.5 Å². The summed E-state index contributed by atoms with van der Waals surface area (Å²) in [7, 11) is 1.41. The summed E-state index contributed by atoms with van der Waals surface area (Å²) in [5, 5.41) is 0. The highest BCUT2D eigenvalue weighted by Gasteiger charge is 2.17. The topological polar surface area (TPSA) is 29.5 Å². The van der Waals surface area contributed by atoms with Crippen LogP contribution in [0.5, 0.6) is 0 Å². The van der Waals surface area contributed by atoms with E-state index >= 15 is 0 Å². The Morgan fingerprint density at radius 1 is 1.26 bits per heavy atom. The molecule has 0 bridgehead atoms. The number of methoxy groups -OCH3 is 1. The third-order valence-electron chi connectivity index (χ3n) is 4.07. The van der Waals surface area contributed by atoms with E-state index in [-0.39, 0.29) is 5.97 Å². The van der Waals surface area contributed by atoms with Crippen LogP contribution in [-0.2, 0) is 11.3 Å². The first-order valence-corrected chi connectivity index (χ1v) is 7.12. The number of rotatable bonds is 4. The van der Waals surface area contributed by atoms with Crippen LogP contribution in [0.4, 0.5) is 0 Å². The lowest BCUT2D eigenvalue weighted by molar-refractivity contribution is 0.0600. The number of carbonyl (C=O) groups is 1. The Labute approximate surface area is 115 Å². The normalized spacial score (nSPS) is 17.4. The van der Waals surface area contributed by atoms with Crippen LogP contribution >= 0.6 is 0 Å². The van der Waals surface area contributed by atoms with Gasteiger partial charge < -0.3 is 4.74 Å². The van der Waals surface area contributed by atoms with Gasteiger partial charge in [-0.1, -0.05) is 25.5 Å². The molecule has 19 heavy (non-hydrogen) atoms. The van der Waals surface area contributed by atoms with Crippen molar-refractivity contribution in [1.82, 2.24) is 4.90 Å². The van der Waals surface area contributed by atoms with Crippen molar-refractivity contribution in [3.05, 3.63) is 35.4 Å². The molecule has 0 N–H and O–H groups in total. The van der Waals surface area contributed by atoms with Crippen LogP contribution in [0.1, 0.15) is 42.1 Å². The maximum atomic E-state index is 11.4. The largest absolute Gasteiger partial charge is 0.465 e. The minimum Gasteiger partial charge on any atom is -0.465 e. The van der Waals surface area contributed by atoms with E-state index in [1.807, 2.05) is 24.3 Å². The third kappa shape index (κ3) is 3.80. The molecule has 104 valence electrons.